The molecular formula is C14H15N3O3. The van der Waals surface area contributed by atoms with Crippen molar-refractivity contribution in [2.45, 2.75) is 26.0 Å². The normalized spacial score (nSPS) is 20.3. The van der Waals surface area contributed by atoms with Crippen LogP contribution in [0.2, 0.25) is 0 Å². The van der Waals surface area contributed by atoms with Crippen LogP contribution in [0.15, 0.2) is 18.2 Å². The third-order valence-corrected chi connectivity index (χ3v) is 3.34. The molecule has 1 aromatic carbocycles. The summed E-state index contributed by atoms with van der Waals surface area (Å²) in [7, 11) is 0. The van der Waals surface area contributed by atoms with Crippen LogP contribution in [0.5, 0.6) is 0 Å². The minimum absolute atomic E-state index is 0.0154. The quantitative estimate of drug-likeness (QED) is 0.764. The van der Waals surface area contributed by atoms with Gasteiger partial charge in [0.25, 0.3) is 0 Å². The number of nitrogens with zero attached hydrogens (tertiary/aromatic N) is 2. The number of nitrogens with one attached hydrogen (secondary N) is 1. The van der Waals surface area contributed by atoms with Gasteiger partial charge in [-0.05, 0) is 26.0 Å². The minimum atomic E-state index is -0.759. The van der Waals surface area contributed by atoms with Gasteiger partial charge < -0.3 is 10.0 Å². The fraction of sp³-hybridized carbons (Fsp3) is 0.357. The number of anilines is 1. The Morgan fingerprint density at radius 3 is 2.80 bits per heavy atom. The Balaban J connectivity index is 2.51. The lowest BCUT2D eigenvalue weighted by atomic mass is 10.0. The Bertz CT molecular complexity index is 604. The Hall–Kier alpha value is -2.39. The van der Waals surface area contributed by atoms with Crippen LogP contribution in [0.3, 0.4) is 0 Å². The summed E-state index contributed by atoms with van der Waals surface area (Å²) in [6, 6.07) is 6.30. The van der Waals surface area contributed by atoms with Crippen molar-refractivity contribution in [2.24, 2.45) is 0 Å². The van der Waals surface area contributed by atoms with Crippen LogP contribution in [-0.4, -0.2) is 29.5 Å². The molecule has 0 bridgehead atoms. The Labute approximate surface area is 116 Å². The fourth-order valence-corrected chi connectivity index (χ4v) is 2.22. The van der Waals surface area contributed by atoms with E-state index in [0.29, 0.717) is 16.8 Å². The monoisotopic (exact) mass is 273 g/mol. The third kappa shape index (κ3) is 2.49. The largest absolute Gasteiger partial charge is 0.389 e. The van der Waals surface area contributed by atoms with Crippen molar-refractivity contribution in [1.82, 2.24) is 5.32 Å². The molecule has 1 aliphatic rings. The van der Waals surface area contributed by atoms with Gasteiger partial charge in [-0.25, -0.2) is 0 Å². The van der Waals surface area contributed by atoms with Gasteiger partial charge in [0.2, 0.25) is 11.8 Å². The summed E-state index contributed by atoms with van der Waals surface area (Å²) in [6.07, 6.45) is -0.759. The van der Waals surface area contributed by atoms with Crippen molar-refractivity contribution >= 4 is 17.5 Å². The number of aliphatic hydroxyl groups is 1. The summed E-state index contributed by atoms with van der Waals surface area (Å²) in [5.74, 6) is -0.785. The number of imide groups is 1. The van der Waals surface area contributed by atoms with Gasteiger partial charge in [0, 0.05) is 11.3 Å². The van der Waals surface area contributed by atoms with Gasteiger partial charge in [-0.15, -0.1) is 0 Å². The lowest BCUT2D eigenvalue weighted by molar-refractivity contribution is -0.132. The number of aliphatic hydroxyl groups excluding tert-OH is 1. The molecule has 1 unspecified atom stereocenters. The molecule has 0 aliphatic carbocycles. The number of hydrogen-bond acceptors (Lipinski definition) is 5. The van der Waals surface area contributed by atoms with Crippen LogP contribution in [0.1, 0.15) is 31.1 Å². The molecule has 1 heterocycles. The van der Waals surface area contributed by atoms with Gasteiger partial charge in [0.1, 0.15) is 6.04 Å². The first-order chi connectivity index (χ1) is 9.43. The van der Waals surface area contributed by atoms with Crippen LogP contribution in [-0.2, 0) is 9.59 Å². The van der Waals surface area contributed by atoms with Gasteiger partial charge in [-0.2, -0.15) is 5.26 Å². The summed E-state index contributed by atoms with van der Waals surface area (Å²) < 4.78 is 0. The maximum atomic E-state index is 11.7. The molecule has 2 atom stereocenters. The molecule has 6 heteroatoms. The van der Waals surface area contributed by atoms with E-state index in [1.165, 1.54) is 0 Å². The van der Waals surface area contributed by atoms with Gasteiger partial charge in [0.15, 0.2) is 0 Å². The van der Waals surface area contributed by atoms with Crippen LogP contribution in [0, 0.1) is 11.3 Å². The maximum absolute atomic E-state index is 11.7. The number of rotatable bonds is 2. The minimum Gasteiger partial charge on any atom is -0.389 e. The van der Waals surface area contributed by atoms with Crippen molar-refractivity contribution < 1.29 is 14.7 Å². The third-order valence-electron chi connectivity index (χ3n) is 3.34. The maximum Gasteiger partial charge on any atom is 0.249 e. The molecular weight excluding hydrogens is 258 g/mol. The van der Waals surface area contributed by atoms with Crippen molar-refractivity contribution in [3.8, 4) is 6.07 Å². The molecule has 20 heavy (non-hydrogen) atoms. The van der Waals surface area contributed by atoms with Gasteiger partial charge >= 0.3 is 0 Å². The van der Waals surface area contributed by atoms with Gasteiger partial charge in [0.05, 0.1) is 24.3 Å². The van der Waals surface area contributed by atoms with Crippen molar-refractivity contribution in [3.63, 3.8) is 0 Å². The molecule has 2 N–H and O–H groups in total. The van der Waals surface area contributed by atoms with E-state index in [1.54, 1.807) is 36.9 Å². The Kier molecular flexibility index (Phi) is 3.72. The zero-order valence-corrected chi connectivity index (χ0v) is 11.3. The summed E-state index contributed by atoms with van der Waals surface area (Å²) in [6.45, 7) is 3.29. The second kappa shape index (κ2) is 5.31. The topological polar surface area (TPSA) is 93.4 Å². The molecule has 0 spiro atoms. The zero-order chi connectivity index (χ0) is 14.9. The van der Waals surface area contributed by atoms with E-state index in [1.807, 2.05) is 6.07 Å². The molecule has 1 saturated heterocycles. The molecule has 104 valence electrons. The molecule has 1 aliphatic heterocycles. The standard InChI is InChI=1S/C14H15N3O3/c1-8-14(20)16-13(19)7-17(8)12-5-10(6-15)3-4-11(12)9(2)18/h3-5,8-9,18H,7H2,1-2H3,(H,16,19,20)/t8?,9-/m0/s1. The van der Waals surface area contributed by atoms with Crippen LogP contribution in [0.4, 0.5) is 5.69 Å². The van der Waals surface area contributed by atoms with Gasteiger partial charge in [-0.3, -0.25) is 14.9 Å². The highest BCUT2D eigenvalue weighted by atomic mass is 16.3. The predicted octanol–water partition coefficient (Wildman–Crippen LogP) is 0.463. The smallest absolute Gasteiger partial charge is 0.249 e. The molecule has 2 amide bonds. The predicted molar refractivity (Wildman–Crippen MR) is 71.7 cm³/mol. The van der Waals surface area contributed by atoms with E-state index in [2.05, 4.69) is 5.32 Å². The van der Waals surface area contributed by atoms with E-state index in [-0.39, 0.29) is 12.5 Å². The van der Waals surface area contributed by atoms with Crippen LogP contribution in [0.25, 0.3) is 0 Å². The van der Waals surface area contributed by atoms with E-state index in [0.717, 1.165) is 0 Å². The Morgan fingerprint density at radius 1 is 1.50 bits per heavy atom. The lowest BCUT2D eigenvalue weighted by Crippen LogP contribution is -2.57. The molecule has 1 aromatic rings. The summed E-state index contributed by atoms with van der Waals surface area (Å²) in [4.78, 5) is 24.9. The highest BCUT2D eigenvalue weighted by molar-refractivity contribution is 6.04. The summed E-state index contributed by atoms with van der Waals surface area (Å²) in [5.41, 5.74) is 1.53. The lowest BCUT2D eigenvalue weighted by Gasteiger charge is -2.35. The van der Waals surface area contributed by atoms with Gasteiger partial charge in [-0.1, -0.05) is 6.07 Å². The molecule has 0 radical (unpaired) electrons. The summed E-state index contributed by atoms with van der Waals surface area (Å²) >= 11 is 0. The number of carbonyl (C=O) groups is 2. The number of hydrogen-bond donors (Lipinski definition) is 2. The number of nitriles is 1. The number of carbonyl (C=O) groups excluding carboxylic acids is 2. The molecule has 0 saturated carbocycles. The second-order valence-electron chi connectivity index (χ2n) is 4.78. The SMILES string of the molecule is CC1C(=O)NC(=O)CN1c1cc(C#N)ccc1[C@H](C)O. The van der Waals surface area contributed by atoms with E-state index in [9.17, 15) is 14.7 Å². The number of benzene rings is 1. The van der Waals surface area contributed by atoms with Crippen molar-refractivity contribution in [1.29, 1.82) is 5.26 Å². The van der Waals surface area contributed by atoms with Crippen molar-refractivity contribution in [2.75, 3.05) is 11.4 Å². The molecule has 1 fully saturated rings. The van der Waals surface area contributed by atoms with E-state index < -0.39 is 18.1 Å². The number of piperazine rings is 1. The first-order valence-electron chi connectivity index (χ1n) is 6.26. The Morgan fingerprint density at radius 2 is 2.20 bits per heavy atom. The second-order valence-corrected chi connectivity index (χ2v) is 4.78. The first kappa shape index (κ1) is 14.0. The first-order valence-corrected chi connectivity index (χ1v) is 6.26. The van der Waals surface area contributed by atoms with E-state index >= 15 is 0 Å². The zero-order valence-electron chi connectivity index (χ0n) is 11.3. The molecule has 0 aromatic heterocycles. The van der Waals surface area contributed by atoms with Crippen LogP contribution < -0.4 is 10.2 Å². The highest BCUT2D eigenvalue weighted by Gasteiger charge is 2.32. The highest BCUT2D eigenvalue weighted by Crippen LogP contribution is 2.29. The summed E-state index contributed by atoms with van der Waals surface area (Å²) in [5, 5.41) is 21.1. The average molecular weight is 273 g/mol. The van der Waals surface area contributed by atoms with E-state index in [4.69, 9.17) is 5.26 Å². The molecule has 6 nitrogen and oxygen atoms in total. The van der Waals surface area contributed by atoms with Crippen LogP contribution >= 0.6 is 0 Å². The number of amides is 2. The fourth-order valence-electron chi connectivity index (χ4n) is 2.22. The van der Waals surface area contributed by atoms with Crippen molar-refractivity contribution in [3.05, 3.63) is 29.3 Å². The molecule has 2 rings (SSSR count). The average Bonchev–Trinajstić information content (AvgIpc) is 2.42.